The Hall–Kier alpha value is -3.08. The minimum absolute atomic E-state index is 0. The van der Waals surface area contributed by atoms with Gasteiger partial charge in [0.15, 0.2) is 0 Å². The summed E-state index contributed by atoms with van der Waals surface area (Å²) in [5.41, 5.74) is 8.95. The van der Waals surface area contributed by atoms with E-state index in [9.17, 15) is 9.59 Å². The second-order valence-corrected chi connectivity index (χ2v) is 12.0. The average Bonchev–Trinajstić information content (AvgIpc) is 2.91. The standard InChI is InChI=1S/C35H47N3O2.Fe/c1-20(2)26-14-11-15-27(21(3)4)32(26)34(39)36-24(9)30-18-13-19-31(38-30)25(10)37-35(40)33-28(22(5)6)16-12-17-29(33)23(7)8;/h11-18,20-23,38H,19H2,1-10H3,(H,36,39)(H,37,40);. The summed E-state index contributed by atoms with van der Waals surface area (Å²) in [6.45, 7) is 20.8. The van der Waals surface area contributed by atoms with E-state index in [1.165, 1.54) is 0 Å². The minimum Gasteiger partial charge on any atom is -0.356 e. The molecule has 0 saturated carbocycles. The molecule has 0 spiro atoms. The van der Waals surface area contributed by atoms with Crippen LogP contribution in [0.3, 0.4) is 0 Å². The Balaban J connectivity index is 0.00000588. The first-order chi connectivity index (χ1) is 18.8. The van der Waals surface area contributed by atoms with E-state index in [1.807, 2.05) is 56.3 Å². The molecule has 2 amide bonds. The van der Waals surface area contributed by atoms with E-state index in [4.69, 9.17) is 0 Å². The number of allylic oxidation sites excluding steroid dienone is 4. The molecular weight excluding hydrogens is 550 g/mol. The fraction of sp³-hybridized carbons (Fsp3) is 0.429. The number of benzene rings is 2. The van der Waals surface area contributed by atoms with E-state index < -0.39 is 0 Å². The summed E-state index contributed by atoms with van der Waals surface area (Å²) in [5.74, 6) is 0.759. The van der Waals surface area contributed by atoms with Gasteiger partial charge in [-0.15, -0.1) is 0 Å². The van der Waals surface area contributed by atoms with Crippen molar-refractivity contribution in [3.05, 3.63) is 105 Å². The summed E-state index contributed by atoms with van der Waals surface area (Å²) in [4.78, 5) is 27.2. The van der Waals surface area contributed by atoms with Gasteiger partial charge in [-0.05, 0) is 65.8 Å². The molecule has 1 heterocycles. The van der Waals surface area contributed by atoms with E-state index in [1.54, 1.807) is 0 Å². The van der Waals surface area contributed by atoms with Crippen LogP contribution in [0, 0.1) is 0 Å². The van der Waals surface area contributed by atoms with Crippen LogP contribution < -0.4 is 16.0 Å². The van der Waals surface area contributed by atoms with Crippen molar-refractivity contribution in [3.63, 3.8) is 0 Å². The molecule has 0 fully saturated rings. The Kier molecular flexibility index (Phi) is 12.2. The number of carbonyl (C=O) groups excluding carboxylic acids is 2. The largest absolute Gasteiger partial charge is 0.356 e. The first-order valence-corrected chi connectivity index (χ1v) is 14.6. The van der Waals surface area contributed by atoms with Gasteiger partial charge >= 0.3 is 0 Å². The maximum atomic E-state index is 13.6. The van der Waals surface area contributed by atoms with Crippen molar-refractivity contribution in [2.75, 3.05) is 0 Å². The molecule has 3 rings (SSSR count). The van der Waals surface area contributed by atoms with Crippen LogP contribution in [0.15, 0.2) is 71.3 Å². The Morgan fingerprint density at radius 1 is 0.659 bits per heavy atom. The van der Waals surface area contributed by atoms with Gasteiger partial charge in [-0.25, -0.2) is 0 Å². The van der Waals surface area contributed by atoms with Crippen LogP contribution in [-0.2, 0) is 17.1 Å². The third-order valence-corrected chi connectivity index (χ3v) is 7.55. The molecular formula is C35H47FeN3O2. The van der Waals surface area contributed by atoms with Crippen LogP contribution in [0.4, 0.5) is 0 Å². The van der Waals surface area contributed by atoms with Gasteiger partial charge in [-0.2, -0.15) is 0 Å². The Bertz CT molecular complexity index is 1310. The van der Waals surface area contributed by atoms with E-state index in [0.29, 0.717) is 6.42 Å². The molecule has 2 aromatic rings. The molecule has 5 nitrogen and oxygen atoms in total. The van der Waals surface area contributed by atoms with Crippen molar-refractivity contribution in [2.45, 2.75) is 99.3 Å². The second-order valence-electron chi connectivity index (χ2n) is 12.0. The molecule has 1 aliphatic heterocycles. The van der Waals surface area contributed by atoms with Gasteiger partial charge in [0.2, 0.25) is 0 Å². The van der Waals surface area contributed by atoms with E-state index >= 15 is 0 Å². The SMILES string of the molecule is CC(NC(=O)c1c(C(C)C)cccc1C(C)C)=C1C=CCC(=C(C)NC(=O)c2c(C(C)C)cccc2C(C)C)N1.[Fe]. The van der Waals surface area contributed by atoms with Crippen LogP contribution in [0.1, 0.15) is 142 Å². The zero-order valence-corrected chi connectivity index (χ0v) is 27.4. The maximum absolute atomic E-state index is 13.6. The quantitative estimate of drug-likeness (QED) is 0.268. The van der Waals surface area contributed by atoms with E-state index in [-0.39, 0.29) is 52.6 Å². The summed E-state index contributed by atoms with van der Waals surface area (Å²) in [6.07, 6.45) is 4.69. The van der Waals surface area contributed by atoms with Crippen LogP contribution in [-0.4, -0.2) is 11.8 Å². The van der Waals surface area contributed by atoms with E-state index in [2.05, 4.69) is 77.4 Å². The first-order valence-electron chi connectivity index (χ1n) is 14.6. The molecule has 41 heavy (non-hydrogen) atoms. The van der Waals surface area contributed by atoms with Gasteiger partial charge < -0.3 is 16.0 Å². The van der Waals surface area contributed by atoms with Crippen molar-refractivity contribution >= 4 is 11.8 Å². The normalized spacial score (nSPS) is 15.6. The molecule has 1 aliphatic rings. The fourth-order valence-corrected chi connectivity index (χ4v) is 5.25. The van der Waals surface area contributed by atoms with Gasteiger partial charge in [0.05, 0.1) is 5.70 Å². The van der Waals surface area contributed by atoms with Crippen LogP contribution in [0.2, 0.25) is 0 Å². The average molecular weight is 598 g/mol. The maximum Gasteiger partial charge on any atom is 0.256 e. The molecule has 0 saturated heterocycles. The number of nitrogens with one attached hydrogen (secondary N) is 3. The van der Waals surface area contributed by atoms with Crippen LogP contribution >= 0.6 is 0 Å². The van der Waals surface area contributed by atoms with Crippen molar-refractivity contribution in [1.82, 2.24) is 16.0 Å². The molecule has 6 heteroatoms. The molecule has 3 N–H and O–H groups in total. The molecule has 2 aromatic carbocycles. The Labute approximate surface area is 257 Å². The van der Waals surface area contributed by atoms with E-state index in [0.717, 1.165) is 56.2 Å². The molecule has 0 atom stereocenters. The summed E-state index contributed by atoms with van der Waals surface area (Å²) < 4.78 is 0. The molecule has 0 unspecified atom stereocenters. The monoisotopic (exact) mass is 597 g/mol. The van der Waals surface area contributed by atoms with Gasteiger partial charge in [0, 0.05) is 51.7 Å². The van der Waals surface area contributed by atoms with Crippen molar-refractivity contribution < 1.29 is 26.7 Å². The summed E-state index contributed by atoms with van der Waals surface area (Å²) in [6, 6.07) is 12.3. The third-order valence-electron chi connectivity index (χ3n) is 7.55. The van der Waals surface area contributed by atoms with Crippen molar-refractivity contribution in [1.29, 1.82) is 0 Å². The fourth-order valence-electron chi connectivity index (χ4n) is 5.25. The number of amides is 2. The van der Waals surface area contributed by atoms with Gasteiger partial charge in [-0.3, -0.25) is 9.59 Å². The van der Waals surface area contributed by atoms with Crippen molar-refractivity contribution in [2.24, 2.45) is 0 Å². The molecule has 0 bridgehead atoms. The number of hydrogen-bond acceptors (Lipinski definition) is 3. The van der Waals surface area contributed by atoms with Crippen LogP contribution in [0.25, 0.3) is 0 Å². The summed E-state index contributed by atoms with van der Waals surface area (Å²) >= 11 is 0. The minimum atomic E-state index is -0.0964. The number of hydrogen-bond donors (Lipinski definition) is 3. The third kappa shape index (κ3) is 8.02. The summed E-state index contributed by atoms with van der Waals surface area (Å²) in [5, 5.41) is 9.76. The van der Waals surface area contributed by atoms with Crippen molar-refractivity contribution in [3.8, 4) is 0 Å². The Morgan fingerprint density at radius 3 is 1.39 bits per heavy atom. The summed E-state index contributed by atoms with van der Waals surface area (Å²) in [7, 11) is 0. The molecule has 0 aromatic heterocycles. The molecule has 0 radical (unpaired) electrons. The smallest absolute Gasteiger partial charge is 0.256 e. The topological polar surface area (TPSA) is 70.2 Å². The predicted molar refractivity (Wildman–Crippen MR) is 166 cm³/mol. The molecule has 0 aliphatic carbocycles. The Morgan fingerprint density at radius 2 is 1.02 bits per heavy atom. The van der Waals surface area contributed by atoms with Gasteiger partial charge in [-0.1, -0.05) is 97.9 Å². The molecule has 222 valence electrons. The first kappa shape index (κ1) is 34.1. The van der Waals surface area contributed by atoms with Crippen LogP contribution in [0.5, 0.6) is 0 Å². The zero-order valence-electron chi connectivity index (χ0n) is 26.3. The predicted octanol–water partition coefficient (Wildman–Crippen LogP) is 8.35. The van der Waals surface area contributed by atoms with Gasteiger partial charge in [0.1, 0.15) is 0 Å². The number of carbonyl (C=O) groups is 2. The number of rotatable bonds is 8. The zero-order chi connectivity index (χ0) is 29.7. The second kappa shape index (κ2) is 14.7. The van der Waals surface area contributed by atoms with Gasteiger partial charge in [0.25, 0.3) is 11.8 Å².